The summed E-state index contributed by atoms with van der Waals surface area (Å²) in [6, 6.07) is 7.45. The predicted octanol–water partition coefficient (Wildman–Crippen LogP) is 3.72. The van der Waals surface area contributed by atoms with Gasteiger partial charge in [-0.25, -0.2) is 12.8 Å². The van der Waals surface area contributed by atoms with Gasteiger partial charge in [-0.3, -0.25) is 9.59 Å². The van der Waals surface area contributed by atoms with Crippen molar-refractivity contribution < 1.29 is 22.4 Å². The van der Waals surface area contributed by atoms with E-state index in [0.717, 1.165) is 12.1 Å². The smallest absolute Gasteiger partial charge is 0.257 e. The molecule has 0 aromatic heterocycles. The van der Waals surface area contributed by atoms with Crippen LogP contribution in [0, 0.1) is 5.82 Å². The van der Waals surface area contributed by atoms with Gasteiger partial charge in [0, 0.05) is 25.7 Å². The molecule has 0 radical (unpaired) electrons. The number of nitrogens with zero attached hydrogens (tertiary/aromatic N) is 1. The van der Waals surface area contributed by atoms with Gasteiger partial charge in [-0.05, 0) is 36.4 Å². The Balaban J connectivity index is 2.38. The molecular weight excluding hydrogens is 421 g/mol. The zero-order valence-electron chi connectivity index (χ0n) is 16.1. The molecule has 0 fully saturated rings. The maximum Gasteiger partial charge on any atom is 0.257 e. The first kappa shape index (κ1) is 22.8. The van der Waals surface area contributed by atoms with Gasteiger partial charge in [0.15, 0.2) is 0 Å². The van der Waals surface area contributed by atoms with E-state index in [1.165, 1.54) is 35.5 Å². The quantitative estimate of drug-likeness (QED) is 0.684. The van der Waals surface area contributed by atoms with Crippen LogP contribution in [0.25, 0.3) is 0 Å². The maximum absolute atomic E-state index is 14.1. The van der Waals surface area contributed by atoms with Crippen molar-refractivity contribution in [3.63, 3.8) is 0 Å². The van der Waals surface area contributed by atoms with Gasteiger partial charge in [-0.15, -0.1) is 0 Å². The predicted molar refractivity (Wildman–Crippen MR) is 110 cm³/mol. The average molecular weight is 442 g/mol. The summed E-state index contributed by atoms with van der Waals surface area (Å²) in [4.78, 5) is 23.7. The van der Waals surface area contributed by atoms with Gasteiger partial charge >= 0.3 is 0 Å². The molecule has 2 aromatic carbocycles. The van der Waals surface area contributed by atoms with Crippen molar-refractivity contribution in [3.05, 3.63) is 52.8 Å². The van der Waals surface area contributed by atoms with Gasteiger partial charge in [0.1, 0.15) is 5.82 Å². The number of anilines is 2. The topological polar surface area (TPSA) is 95.6 Å². The summed E-state index contributed by atoms with van der Waals surface area (Å²) < 4.78 is 40.7. The fourth-order valence-electron chi connectivity index (χ4n) is 2.64. The Morgan fingerprint density at radius 2 is 1.72 bits per heavy atom. The van der Waals surface area contributed by atoms with Crippen LogP contribution in [-0.2, 0) is 14.8 Å². The number of halogens is 2. The van der Waals surface area contributed by atoms with E-state index < -0.39 is 21.7 Å². The molecule has 10 heteroatoms. The highest BCUT2D eigenvalue weighted by Crippen LogP contribution is 2.25. The van der Waals surface area contributed by atoms with Crippen molar-refractivity contribution >= 4 is 44.8 Å². The lowest BCUT2D eigenvalue weighted by Gasteiger charge is -2.19. The Bertz CT molecular complexity index is 1040. The van der Waals surface area contributed by atoms with Crippen LogP contribution >= 0.6 is 11.6 Å². The van der Waals surface area contributed by atoms with Crippen LogP contribution in [0.1, 0.15) is 31.1 Å². The van der Waals surface area contributed by atoms with Crippen molar-refractivity contribution in [2.24, 2.45) is 0 Å². The Morgan fingerprint density at radius 3 is 2.31 bits per heavy atom. The second-order valence-electron chi connectivity index (χ2n) is 6.06. The minimum absolute atomic E-state index is 0.0134. The number of sulfonamides is 1. The maximum atomic E-state index is 14.1. The largest absolute Gasteiger partial charge is 0.326 e. The Kier molecular flexibility index (Phi) is 7.34. The molecule has 0 saturated carbocycles. The van der Waals surface area contributed by atoms with Crippen LogP contribution in [0.2, 0.25) is 5.02 Å². The van der Waals surface area contributed by atoms with Crippen molar-refractivity contribution in [1.29, 1.82) is 0 Å². The van der Waals surface area contributed by atoms with Crippen molar-refractivity contribution in [2.75, 3.05) is 23.7 Å². The van der Waals surface area contributed by atoms with Gasteiger partial charge in [0.25, 0.3) is 5.91 Å². The molecule has 0 heterocycles. The SMILES string of the molecule is CCN(CC)S(=O)(=O)c1ccc(Cl)c(C(=O)Nc2cc(NC(C)=O)ccc2F)c1. The molecule has 0 aliphatic rings. The average Bonchev–Trinajstić information content (AvgIpc) is 2.64. The van der Waals surface area contributed by atoms with E-state index >= 15 is 0 Å². The summed E-state index contributed by atoms with van der Waals surface area (Å²) in [6.45, 7) is 5.24. The van der Waals surface area contributed by atoms with Gasteiger partial charge in [-0.2, -0.15) is 4.31 Å². The summed E-state index contributed by atoms with van der Waals surface area (Å²) in [5.41, 5.74) is -0.0169. The number of hydrogen-bond acceptors (Lipinski definition) is 4. The van der Waals surface area contributed by atoms with E-state index in [1.807, 2.05) is 0 Å². The number of carbonyl (C=O) groups excluding carboxylic acids is 2. The van der Waals surface area contributed by atoms with E-state index in [4.69, 9.17) is 11.6 Å². The molecule has 2 N–H and O–H groups in total. The lowest BCUT2D eigenvalue weighted by Crippen LogP contribution is -2.30. The first-order chi connectivity index (χ1) is 13.6. The van der Waals surface area contributed by atoms with Gasteiger partial charge in [-0.1, -0.05) is 25.4 Å². The van der Waals surface area contributed by atoms with E-state index in [2.05, 4.69) is 10.6 Å². The summed E-state index contributed by atoms with van der Waals surface area (Å²) in [5.74, 6) is -1.87. The molecule has 7 nitrogen and oxygen atoms in total. The molecule has 0 saturated heterocycles. The molecule has 0 aliphatic carbocycles. The zero-order valence-corrected chi connectivity index (χ0v) is 17.7. The molecule has 2 aromatic rings. The van der Waals surface area contributed by atoms with Crippen LogP contribution in [0.15, 0.2) is 41.3 Å². The molecule has 2 rings (SSSR count). The molecule has 156 valence electrons. The number of hydrogen-bond donors (Lipinski definition) is 2. The summed E-state index contributed by atoms with van der Waals surface area (Å²) in [6.07, 6.45) is 0. The van der Waals surface area contributed by atoms with E-state index in [0.29, 0.717) is 0 Å². The molecular formula is C19H21ClFN3O4S. The minimum atomic E-state index is -3.80. The third-order valence-corrected chi connectivity index (χ3v) is 6.44. The van der Waals surface area contributed by atoms with Crippen molar-refractivity contribution in [2.45, 2.75) is 25.7 Å². The number of nitrogens with one attached hydrogen (secondary N) is 2. The second-order valence-corrected chi connectivity index (χ2v) is 8.41. The van der Waals surface area contributed by atoms with Gasteiger partial charge in [0.05, 0.1) is 21.2 Å². The monoisotopic (exact) mass is 441 g/mol. The van der Waals surface area contributed by atoms with Crippen molar-refractivity contribution in [3.8, 4) is 0 Å². The van der Waals surface area contributed by atoms with Crippen LogP contribution in [0.3, 0.4) is 0 Å². The summed E-state index contributed by atoms with van der Waals surface area (Å²) in [7, 11) is -3.80. The minimum Gasteiger partial charge on any atom is -0.326 e. The standard InChI is InChI=1S/C19H21ClFN3O4S/c1-4-24(5-2)29(27,28)14-7-8-16(20)15(11-14)19(26)23-18-10-13(22-12(3)25)6-9-17(18)21/h6-11H,4-5H2,1-3H3,(H,22,25)(H,23,26). The third kappa shape index (κ3) is 5.31. The molecule has 0 spiro atoms. The molecule has 0 bridgehead atoms. The van der Waals surface area contributed by atoms with Crippen LogP contribution in [0.5, 0.6) is 0 Å². The van der Waals surface area contributed by atoms with Crippen LogP contribution < -0.4 is 10.6 Å². The van der Waals surface area contributed by atoms with Crippen LogP contribution in [-0.4, -0.2) is 37.6 Å². The lowest BCUT2D eigenvalue weighted by atomic mass is 10.2. The highest BCUT2D eigenvalue weighted by atomic mass is 35.5. The molecule has 0 unspecified atom stereocenters. The summed E-state index contributed by atoms with van der Waals surface area (Å²) >= 11 is 6.07. The highest BCUT2D eigenvalue weighted by molar-refractivity contribution is 7.89. The number of rotatable bonds is 7. The Hall–Kier alpha value is -2.49. The first-order valence-corrected chi connectivity index (χ1v) is 10.6. The Labute approximate surface area is 173 Å². The molecule has 0 atom stereocenters. The molecule has 2 amide bonds. The first-order valence-electron chi connectivity index (χ1n) is 8.78. The van der Waals surface area contributed by atoms with E-state index in [-0.39, 0.29) is 45.9 Å². The van der Waals surface area contributed by atoms with Gasteiger partial charge < -0.3 is 10.6 Å². The van der Waals surface area contributed by atoms with Crippen LogP contribution in [0.4, 0.5) is 15.8 Å². The van der Waals surface area contributed by atoms with E-state index in [1.54, 1.807) is 13.8 Å². The van der Waals surface area contributed by atoms with Gasteiger partial charge in [0.2, 0.25) is 15.9 Å². The normalized spacial score (nSPS) is 11.4. The van der Waals surface area contributed by atoms with E-state index in [9.17, 15) is 22.4 Å². The zero-order chi connectivity index (χ0) is 21.8. The molecule has 29 heavy (non-hydrogen) atoms. The second kappa shape index (κ2) is 9.34. The Morgan fingerprint density at radius 1 is 1.07 bits per heavy atom. The van der Waals surface area contributed by atoms with Crippen molar-refractivity contribution in [1.82, 2.24) is 4.31 Å². The lowest BCUT2D eigenvalue weighted by molar-refractivity contribution is -0.114. The number of amides is 2. The highest BCUT2D eigenvalue weighted by Gasteiger charge is 2.24. The number of benzene rings is 2. The fraction of sp³-hybridized carbons (Fsp3) is 0.263. The fourth-order valence-corrected chi connectivity index (χ4v) is 4.33. The summed E-state index contributed by atoms with van der Waals surface area (Å²) in [5, 5.41) is 4.86. The number of carbonyl (C=O) groups is 2. The molecule has 0 aliphatic heterocycles. The third-order valence-electron chi connectivity index (χ3n) is 4.06.